The zero-order valence-corrected chi connectivity index (χ0v) is 12.7. The number of amides is 1. The van der Waals surface area contributed by atoms with E-state index in [0.717, 1.165) is 0 Å². The van der Waals surface area contributed by atoms with Gasteiger partial charge in [-0.15, -0.1) is 0 Å². The summed E-state index contributed by atoms with van der Waals surface area (Å²) in [6, 6.07) is 6.92. The fourth-order valence-electron chi connectivity index (χ4n) is 2.52. The first-order valence-corrected chi connectivity index (χ1v) is 7.02. The number of nitrogens with zero attached hydrogens (tertiary/aromatic N) is 1. The van der Waals surface area contributed by atoms with Gasteiger partial charge in [0.1, 0.15) is 0 Å². The van der Waals surface area contributed by atoms with Gasteiger partial charge in [-0.3, -0.25) is 4.79 Å². The number of carbonyl (C=O) groups excluding carboxylic acids is 1. The number of carboxylic acids is 1. The number of halogens is 2. The Kier molecular flexibility index (Phi) is 3.97. The molecule has 1 saturated heterocycles. The van der Waals surface area contributed by atoms with Crippen LogP contribution in [0.5, 0.6) is 0 Å². The van der Waals surface area contributed by atoms with Gasteiger partial charge in [-0.25, -0.2) is 9.18 Å². The molecule has 1 unspecified atom stereocenters. The summed E-state index contributed by atoms with van der Waals surface area (Å²) in [6.07, 6.45) is -0.181. The predicted octanol–water partition coefficient (Wildman–Crippen LogP) is 2.64. The lowest BCUT2D eigenvalue weighted by Gasteiger charge is -2.30. The number of alkyl halides is 1. The molecule has 1 atom stereocenters. The van der Waals surface area contributed by atoms with E-state index in [2.05, 4.69) is 0 Å². The lowest BCUT2D eigenvalue weighted by Crippen LogP contribution is -2.45. The van der Waals surface area contributed by atoms with Crippen LogP contribution in [-0.2, 0) is 15.0 Å². The van der Waals surface area contributed by atoms with Crippen molar-refractivity contribution in [2.75, 3.05) is 13.1 Å². The van der Waals surface area contributed by atoms with E-state index in [0.29, 0.717) is 10.6 Å². The van der Waals surface area contributed by atoms with Crippen molar-refractivity contribution < 1.29 is 19.1 Å². The molecule has 1 aromatic rings. The highest BCUT2D eigenvalue weighted by Crippen LogP contribution is 2.32. The Labute approximate surface area is 127 Å². The summed E-state index contributed by atoms with van der Waals surface area (Å²) in [5, 5.41) is 9.41. The van der Waals surface area contributed by atoms with Crippen LogP contribution in [0.4, 0.5) is 4.39 Å². The fourth-order valence-corrected chi connectivity index (χ4v) is 2.71. The number of likely N-dealkylation sites (tertiary alicyclic amines) is 1. The van der Waals surface area contributed by atoms with Crippen molar-refractivity contribution in [3.63, 3.8) is 0 Å². The number of hydrogen-bond acceptors (Lipinski definition) is 2. The monoisotopic (exact) mass is 313 g/mol. The average molecular weight is 314 g/mol. The highest BCUT2D eigenvalue weighted by Gasteiger charge is 2.49. The minimum absolute atomic E-state index is 0.103. The lowest BCUT2D eigenvalue weighted by atomic mass is 9.83. The van der Waals surface area contributed by atoms with Gasteiger partial charge in [-0.2, -0.15) is 0 Å². The summed E-state index contributed by atoms with van der Waals surface area (Å²) >= 11 is 5.94. The molecule has 0 saturated carbocycles. The maximum absolute atomic E-state index is 14.1. The molecule has 1 N–H and O–H groups in total. The van der Waals surface area contributed by atoms with E-state index in [1.165, 1.54) is 4.90 Å². The zero-order valence-electron chi connectivity index (χ0n) is 11.9. The van der Waals surface area contributed by atoms with Gasteiger partial charge in [-0.1, -0.05) is 23.7 Å². The van der Waals surface area contributed by atoms with Crippen LogP contribution < -0.4 is 0 Å². The number of rotatable bonds is 3. The first-order valence-electron chi connectivity index (χ1n) is 6.64. The summed E-state index contributed by atoms with van der Waals surface area (Å²) in [7, 11) is 0. The molecule has 114 valence electrons. The SMILES string of the molecule is CC(C)(C(=O)N1CCC(F)(C(=O)O)C1)c1cccc(Cl)c1. The molecule has 1 fully saturated rings. The molecule has 0 bridgehead atoms. The Morgan fingerprint density at radius 3 is 2.62 bits per heavy atom. The summed E-state index contributed by atoms with van der Waals surface area (Å²) in [5.41, 5.74) is -2.53. The molecule has 1 aliphatic heterocycles. The molecule has 21 heavy (non-hydrogen) atoms. The Morgan fingerprint density at radius 1 is 1.43 bits per heavy atom. The Balaban J connectivity index is 2.22. The summed E-state index contributed by atoms with van der Waals surface area (Å²) in [5.74, 6) is -1.82. The molecule has 1 aliphatic rings. The van der Waals surface area contributed by atoms with Crippen LogP contribution in [0.2, 0.25) is 5.02 Å². The molecule has 1 amide bonds. The topological polar surface area (TPSA) is 57.6 Å². The van der Waals surface area contributed by atoms with Gasteiger partial charge in [0.05, 0.1) is 12.0 Å². The Morgan fingerprint density at radius 2 is 2.10 bits per heavy atom. The van der Waals surface area contributed by atoms with Crippen molar-refractivity contribution in [3.8, 4) is 0 Å². The van der Waals surface area contributed by atoms with E-state index in [1.54, 1.807) is 38.1 Å². The largest absolute Gasteiger partial charge is 0.479 e. The molecule has 6 heteroatoms. The quantitative estimate of drug-likeness (QED) is 0.933. The first-order chi connectivity index (χ1) is 9.67. The lowest BCUT2D eigenvalue weighted by molar-refractivity contribution is -0.150. The zero-order chi connectivity index (χ0) is 15.8. The summed E-state index contributed by atoms with van der Waals surface area (Å²) < 4.78 is 14.1. The number of carbonyl (C=O) groups is 2. The van der Waals surface area contributed by atoms with Gasteiger partial charge in [0.2, 0.25) is 11.6 Å². The van der Waals surface area contributed by atoms with E-state index in [9.17, 15) is 14.0 Å². The Hall–Kier alpha value is -1.62. The number of carboxylic acid groups (broad SMARTS) is 1. The number of aliphatic carboxylic acids is 1. The van der Waals surface area contributed by atoms with Gasteiger partial charge in [0.15, 0.2) is 0 Å². The van der Waals surface area contributed by atoms with Crippen LogP contribution in [-0.4, -0.2) is 40.6 Å². The van der Waals surface area contributed by atoms with E-state index in [1.807, 2.05) is 0 Å². The summed E-state index contributed by atoms with van der Waals surface area (Å²) in [6.45, 7) is 3.14. The molecule has 0 aliphatic carbocycles. The van der Waals surface area contributed by atoms with Crippen LogP contribution >= 0.6 is 11.6 Å². The Bertz CT molecular complexity index is 590. The minimum Gasteiger partial charge on any atom is -0.479 e. The molecule has 1 aromatic carbocycles. The number of hydrogen-bond donors (Lipinski definition) is 1. The molecule has 4 nitrogen and oxygen atoms in total. The van der Waals surface area contributed by atoms with E-state index < -0.39 is 23.6 Å². The second-order valence-corrected chi connectivity index (χ2v) is 6.32. The smallest absolute Gasteiger partial charge is 0.343 e. The number of benzene rings is 1. The third kappa shape index (κ3) is 2.88. The standard InChI is InChI=1S/C15H17ClFNO3/c1-14(2,10-4-3-5-11(16)8-10)12(19)18-7-6-15(17,9-18)13(20)21/h3-5,8H,6-7,9H2,1-2H3,(H,20,21). The van der Waals surface area contributed by atoms with Crippen molar-refractivity contribution >= 4 is 23.5 Å². The van der Waals surface area contributed by atoms with Gasteiger partial charge in [-0.05, 0) is 31.5 Å². The molecule has 0 spiro atoms. The minimum atomic E-state index is -2.35. The molecule has 0 aromatic heterocycles. The fraction of sp³-hybridized carbons (Fsp3) is 0.467. The van der Waals surface area contributed by atoms with Crippen LogP contribution in [0.1, 0.15) is 25.8 Å². The van der Waals surface area contributed by atoms with Crippen molar-refractivity contribution in [2.45, 2.75) is 31.4 Å². The predicted molar refractivity (Wildman–Crippen MR) is 77.1 cm³/mol. The molecule has 0 radical (unpaired) electrons. The second kappa shape index (κ2) is 5.30. The van der Waals surface area contributed by atoms with Gasteiger partial charge < -0.3 is 10.0 Å². The van der Waals surface area contributed by atoms with Crippen LogP contribution in [0.15, 0.2) is 24.3 Å². The average Bonchev–Trinajstić information content (AvgIpc) is 2.82. The molecular weight excluding hydrogens is 297 g/mol. The molecule has 2 rings (SSSR count). The van der Waals surface area contributed by atoms with E-state index >= 15 is 0 Å². The highest BCUT2D eigenvalue weighted by atomic mass is 35.5. The second-order valence-electron chi connectivity index (χ2n) is 5.88. The third-order valence-electron chi connectivity index (χ3n) is 3.97. The third-order valence-corrected chi connectivity index (χ3v) is 4.21. The van der Waals surface area contributed by atoms with Gasteiger partial charge in [0.25, 0.3) is 0 Å². The van der Waals surface area contributed by atoms with Gasteiger partial charge >= 0.3 is 5.97 Å². The van der Waals surface area contributed by atoms with Crippen molar-refractivity contribution in [1.82, 2.24) is 4.90 Å². The van der Waals surface area contributed by atoms with Crippen LogP contribution in [0.3, 0.4) is 0 Å². The van der Waals surface area contributed by atoms with Crippen molar-refractivity contribution in [2.24, 2.45) is 0 Å². The maximum Gasteiger partial charge on any atom is 0.343 e. The molecule has 1 heterocycles. The molecular formula is C15H17ClFNO3. The van der Waals surface area contributed by atoms with E-state index in [-0.39, 0.29) is 18.9 Å². The van der Waals surface area contributed by atoms with Crippen molar-refractivity contribution in [3.05, 3.63) is 34.9 Å². The van der Waals surface area contributed by atoms with Crippen molar-refractivity contribution in [1.29, 1.82) is 0 Å². The highest BCUT2D eigenvalue weighted by molar-refractivity contribution is 6.30. The van der Waals surface area contributed by atoms with Crippen LogP contribution in [0.25, 0.3) is 0 Å². The maximum atomic E-state index is 14.1. The normalized spacial score (nSPS) is 22.4. The van der Waals surface area contributed by atoms with Gasteiger partial charge in [0, 0.05) is 18.0 Å². The van der Waals surface area contributed by atoms with Crippen LogP contribution in [0, 0.1) is 0 Å². The summed E-state index contributed by atoms with van der Waals surface area (Å²) in [4.78, 5) is 24.8. The first kappa shape index (κ1) is 15.8. The van der Waals surface area contributed by atoms with E-state index in [4.69, 9.17) is 16.7 Å².